The Morgan fingerprint density at radius 2 is 1.95 bits per heavy atom. The smallest absolute Gasteiger partial charge is 0.464 e. The summed E-state index contributed by atoms with van der Waals surface area (Å²) in [5.74, 6) is 0.493. The molecule has 43 heavy (non-hydrogen) atoms. The zero-order valence-corrected chi connectivity index (χ0v) is 23.0. The second-order valence-electron chi connectivity index (χ2n) is 9.97. The van der Waals surface area contributed by atoms with Crippen LogP contribution in [0.4, 0.5) is 22.0 Å². The predicted molar refractivity (Wildman–Crippen MR) is 139 cm³/mol. The number of aromatic amines is 1. The Bertz CT molecular complexity index is 1780. The molecule has 0 unspecified atom stereocenters. The van der Waals surface area contributed by atoms with Crippen LogP contribution in [0.3, 0.4) is 0 Å². The lowest BCUT2D eigenvalue weighted by Crippen LogP contribution is -2.36. The third-order valence-corrected chi connectivity index (χ3v) is 7.36. The quantitative estimate of drug-likeness (QED) is 0.142. The molecule has 1 atom stereocenters. The van der Waals surface area contributed by atoms with Crippen molar-refractivity contribution in [2.45, 2.75) is 38.0 Å². The number of nitrogens with zero attached hydrogens (tertiary/aromatic N) is 8. The van der Waals surface area contributed by atoms with E-state index >= 15 is 0 Å². The van der Waals surface area contributed by atoms with Crippen molar-refractivity contribution in [3.8, 4) is 34.0 Å². The highest BCUT2D eigenvalue weighted by Gasteiger charge is 2.41. The number of halogens is 6. The molecule has 5 aromatic rings. The van der Waals surface area contributed by atoms with Crippen LogP contribution in [0.1, 0.15) is 43.2 Å². The Morgan fingerprint density at radius 1 is 1.16 bits per heavy atom. The molecule has 1 saturated carbocycles. The summed E-state index contributed by atoms with van der Waals surface area (Å²) in [6.07, 6.45) is 3.75. The van der Waals surface area contributed by atoms with Crippen molar-refractivity contribution in [2.75, 3.05) is 7.11 Å². The predicted octanol–water partition coefficient (Wildman–Crippen LogP) is 4.91. The van der Waals surface area contributed by atoms with Crippen molar-refractivity contribution >= 4 is 11.6 Å². The standard InChI is InChI=1S/C26H21ClF5N9O2/c1-43-22-8-21(20(6-14-2-3-14)38-10-15(9-34-38)24-33-13-35-41(24)25(28)29)40(42)11-18(22)17-7-16(27)4-5-19(17)39-12-23(36-37-39)26(30,31)32/h4-5,7-14,20,25H,2-3,6H2,1H3/p+1/t20-/m1/s1. The first-order chi connectivity index (χ1) is 20.5. The third-order valence-electron chi connectivity index (χ3n) is 7.13. The number of methoxy groups -OCH3 is 1. The summed E-state index contributed by atoms with van der Waals surface area (Å²) in [6.45, 7) is -2.90. The van der Waals surface area contributed by atoms with Crippen LogP contribution < -0.4 is 14.1 Å². The van der Waals surface area contributed by atoms with Gasteiger partial charge in [-0.15, -0.1) is 4.68 Å². The van der Waals surface area contributed by atoms with E-state index in [2.05, 4.69) is 25.5 Å². The summed E-state index contributed by atoms with van der Waals surface area (Å²) in [6, 6.07) is 5.40. The molecular formula is C26H22ClF5N9O2+. The van der Waals surface area contributed by atoms with Gasteiger partial charge in [-0.1, -0.05) is 29.7 Å². The van der Waals surface area contributed by atoms with Crippen molar-refractivity contribution in [3.63, 3.8) is 0 Å². The van der Waals surface area contributed by atoms with Crippen LogP contribution in [0, 0.1) is 11.1 Å². The molecule has 4 aromatic heterocycles. The minimum absolute atomic E-state index is 0.0761. The molecule has 1 aliphatic rings. The van der Waals surface area contributed by atoms with Gasteiger partial charge in [0.25, 0.3) is 0 Å². The topological polar surface area (TPSA) is 117 Å². The fraction of sp³-hybridized carbons (Fsp3) is 0.308. The maximum atomic E-state index is 13.6. The average molecular weight is 623 g/mol. The van der Waals surface area contributed by atoms with Gasteiger partial charge in [0.2, 0.25) is 5.69 Å². The maximum absolute atomic E-state index is 13.6. The van der Waals surface area contributed by atoms with Gasteiger partial charge in [-0.3, -0.25) is 4.68 Å². The summed E-state index contributed by atoms with van der Waals surface area (Å²) in [7, 11) is 1.39. The Balaban J connectivity index is 1.43. The average Bonchev–Trinajstić information content (AvgIpc) is 3.37. The molecule has 224 valence electrons. The van der Waals surface area contributed by atoms with Gasteiger partial charge in [0, 0.05) is 16.8 Å². The number of ether oxygens (including phenoxy) is 1. The van der Waals surface area contributed by atoms with Crippen LogP contribution in [0.25, 0.3) is 28.2 Å². The van der Waals surface area contributed by atoms with E-state index in [1.165, 1.54) is 54.6 Å². The SMILES string of the molecule is COc1cc([C@@H](CC2CC2)n2cc(-c3ncnn3C(F)F)cn2)[n+]([O-])cc1-c1cc(Cl)ccc1-[n+]1cc(C(F)(F)F)n[nH]1. The number of aromatic nitrogens is 9. The van der Waals surface area contributed by atoms with E-state index in [1.807, 2.05) is 0 Å². The lowest BCUT2D eigenvalue weighted by molar-refractivity contribution is -0.659. The van der Waals surface area contributed by atoms with Crippen LogP contribution in [-0.4, -0.2) is 42.0 Å². The highest BCUT2D eigenvalue weighted by molar-refractivity contribution is 6.31. The number of alkyl halides is 5. The second kappa shape index (κ2) is 10.9. The minimum atomic E-state index is -4.68. The maximum Gasteiger partial charge on any atom is 0.464 e. The Hall–Kier alpha value is -4.60. The fourth-order valence-electron chi connectivity index (χ4n) is 4.88. The molecule has 0 bridgehead atoms. The highest BCUT2D eigenvalue weighted by atomic mass is 35.5. The first kappa shape index (κ1) is 28.5. The Morgan fingerprint density at radius 3 is 2.63 bits per heavy atom. The first-order valence-electron chi connectivity index (χ1n) is 12.9. The molecule has 0 amide bonds. The third kappa shape index (κ3) is 5.61. The van der Waals surface area contributed by atoms with Crippen molar-refractivity contribution < 1.29 is 36.1 Å². The molecule has 1 N–H and O–H groups in total. The molecule has 1 aromatic carbocycles. The van der Waals surface area contributed by atoms with E-state index in [-0.39, 0.29) is 39.1 Å². The number of benzene rings is 1. The van der Waals surface area contributed by atoms with Crippen LogP contribution in [-0.2, 0) is 6.18 Å². The molecule has 6 rings (SSSR count). The zero-order valence-electron chi connectivity index (χ0n) is 22.2. The number of pyridine rings is 1. The zero-order chi connectivity index (χ0) is 30.5. The molecule has 4 heterocycles. The monoisotopic (exact) mass is 622 g/mol. The number of hydrogen-bond acceptors (Lipinski definition) is 6. The lowest BCUT2D eigenvalue weighted by atomic mass is 10.0. The lowest BCUT2D eigenvalue weighted by Gasteiger charge is -2.19. The van der Waals surface area contributed by atoms with Crippen molar-refractivity contribution in [1.82, 2.24) is 34.9 Å². The van der Waals surface area contributed by atoms with Crippen LogP contribution in [0.2, 0.25) is 5.02 Å². The van der Waals surface area contributed by atoms with Gasteiger partial charge in [0.1, 0.15) is 18.1 Å². The molecular weight excluding hydrogens is 601 g/mol. The molecule has 1 fully saturated rings. The Labute approximate surface area is 244 Å². The van der Waals surface area contributed by atoms with Crippen LogP contribution in [0.15, 0.2) is 55.4 Å². The van der Waals surface area contributed by atoms with E-state index < -0.39 is 24.5 Å². The van der Waals surface area contributed by atoms with Crippen LogP contribution in [0.5, 0.6) is 5.75 Å². The van der Waals surface area contributed by atoms with Gasteiger partial charge in [0.05, 0.1) is 35.6 Å². The Kier molecular flexibility index (Phi) is 7.23. The second-order valence-corrected chi connectivity index (χ2v) is 10.4. The van der Waals surface area contributed by atoms with Gasteiger partial charge in [-0.05, 0) is 30.5 Å². The van der Waals surface area contributed by atoms with Gasteiger partial charge in [-0.25, -0.2) is 4.98 Å². The van der Waals surface area contributed by atoms with Crippen molar-refractivity contribution in [2.24, 2.45) is 5.92 Å². The van der Waals surface area contributed by atoms with Crippen molar-refractivity contribution in [1.29, 1.82) is 0 Å². The van der Waals surface area contributed by atoms with Gasteiger partial charge >= 0.3 is 18.4 Å². The molecule has 1 aliphatic carbocycles. The highest BCUT2D eigenvalue weighted by Crippen LogP contribution is 2.41. The van der Waals surface area contributed by atoms with Crippen molar-refractivity contribution in [3.05, 3.63) is 77.0 Å². The summed E-state index contributed by atoms with van der Waals surface area (Å²) in [4.78, 5) is 3.92. The normalized spacial score (nSPS) is 14.4. The molecule has 17 heteroatoms. The summed E-state index contributed by atoms with van der Waals surface area (Å²) < 4.78 is 75.9. The largest absolute Gasteiger partial charge is 0.618 e. The van der Waals surface area contributed by atoms with E-state index in [4.69, 9.17) is 16.3 Å². The first-order valence-corrected chi connectivity index (χ1v) is 13.3. The molecule has 0 aliphatic heterocycles. The number of H-pyrrole nitrogens is 1. The van der Waals surface area contributed by atoms with Gasteiger partial charge in [-0.2, -0.15) is 41.6 Å². The number of rotatable bonds is 9. The molecule has 0 saturated heterocycles. The van der Waals surface area contributed by atoms with E-state index in [9.17, 15) is 27.2 Å². The minimum Gasteiger partial charge on any atom is -0.618 e. The van der Waals surface area contributed by atoms with Gasteiger partial charge in [0.15, 0.2) is 23.9 Å². The fourth-order valence-corrected chi connectivity index (χ4v) is 5.06. The molecule has 11 nitrogen and oxygen atoms in total. The van der Waals surface area contributed by atoms with Gasteiger partial charge < -0.3 is 9.94 Å². The number of hydrogen-bond donors (Lipinski definition) is 1. The molecule has 0 spiro atoms. The van der Waals surface area contributed by atoms with E-state index in [0.717, 1.165) is 30.0 Å². The summed E-state index contributed by atoms with van der Waals surface area (Å²) in [5, 5.41) is 27.5. The molecule has 0 radical (unpaired) electrons. The summed E-state index contributed by atoms with van der Waals surface area (Å²) >= 11 is 6.26. The summed E-state index contributed by atoms with van der Waals surface area (Å²) in [5.41, 5.74) is 0.198. The number of nitrogens with one attached hydrogen (secondary N) is 1. The van der Waals surface area contributed by atoms with E-state index in [0.29, 0.717) is 27.3 Å². The van der Waals surface area contributed by atoms with Crippen LogP contribution >= 0.6 is 11.6 Å². The van der Waals surface area contributed by atoms with E-state index in [1.54, 1.807) is 0 Å².